The maximum atomic E-state index is 13.6. The Labute approximate surface area is 110 Å². The number of anilines is 1. The molecule has 19 heavy (non-hydrogen) atoms. The fourth-order valence-electron chi connectivity index (χ4n) is 2.17. The van der Waals surface area contributed by atoms with Crippen LogP contribution in [-0.4, -0.2) is 9.55 Å². The Bertz CT molecular complexity index is 729. The van der Waals surface area contributed by atoms with Gasteiger partial charge >= 0.3 is 0 Å². The summed E-state index contributed by atoms with van der Waals surface area (Å²) in [6, 6.07) is 13.1. The molecule has 0 bridgehead atoms. The number of aryl methyl sites for hydroxylation is 1. The third kappa shape index (κ3) is 2.05. The molecule has 1 heterocycles. The third-order valence-corrected chi connectivity index (χ3v) is 3.22. The average molecular weight is 255 g/mol. The molecule has 0 fully saturated rings. The average Bonchev–Trinajstić information content (AvgIpc) is 2.71. The van der Waals surface area contributed by atoms with Crippen LogP contribution in [0.15, 0.2) is 42.5 Å². The number of fused-ring (bicyclic) bond motifs is 1. The van der Waals surface area contributed by atoms with Crippen molar-refractivity contribution >= 4 is 17.0 Å². The van der Waals surface area contributed by atoms with Crippen LogP contribution in [0.4, 0.5) is 10.3 Å². The van der Waals surface area contributed by atoms with Crippen molar-refractivity contribution in [1.29, 1.82) is 0 Å². The highest BCUT2D eigenvalue weighted by Crippen LogP contribution is 2.21. The second-order valence-electron chi connectivity index (χ2n) is 4.65. The van der Waals surface area contributed by atoms with Crippen molar-refractivity contribution in [1.82, 2.24) is 9.55 Å². The number of halogens is 1. The fraction of sp³-hybridized carbons (Fsp3) is 0.133. The van der Waals surface area contributed by atoms with Crippen molar-refractivity contribution in [2.45, 2.75) is 13.5 Å². The number of para-hydroxylation sites is 1. The molecule has 0 spiro atoms. The summed E-state index contributed by atoms with van der Waals surface area (Å²) in [5, 5.41) is 0. The van der Waals surface area contributed by atoms with Crippen LogP contribution in [0.3, 0.4) is 0 Å². The minimum Gasteiger partial charge on any atom is -0.369 e. The first kappa shape index (κ1) is 11.7. The van der Waals surface area contributed by atoms with Gasteiger partial charge in [0.25, 0.3) is 0 Å². The lowest BCUT2D eigenvalue weighted by molar-refractivity contribution is 0.637. The Hall–Kier alpha value is -2.36. The lowest BCUT2D eigenvalue weighted by atomic mass is 10.1. The number of nitrogen functional groups attached to an aromatic ring is 1. The Balaban J connectivity index is 2.07. The van der Waals surface area contributed by atoms with E-state index >= 15 is 0 Å². The maximum Gasteiger partial charge on any atom is 0.201 e. The first-order chi connectivity index (χ1) is 9.15. The highest BCUT2D eigenvalue weighted by molar-refractivity contribution is 5.79. The highest BCUT2D eigenvalue weighted by Gasteiger charge is 2.11. The van der Waals surface area contributed by atoms with Crippen molar-refractivity contribution in [3.63, 3.8) is 0 Å². The molecule has 0 saturated carbocycles. The molecule has 0 atom stereocenters. The zero-order chi connectivity index (χ0) is 13.4. The molecule has 0 aliphatic carbocycles. The van der Waals surface area contributed by atoms with Crippen LogP contribution in [0.25, 0.3) is 11.0 Å². The second kappa shape index (κ2) is 4.39. The molecule has 2 N–H and O–H groups in total. The summed E-state index contributed by atoms with van der Waals surface area (Å²) >= 11 is 0. The molecule has 0 aliphatic heterocycles. The normalized spacial score (nSPS) is 11.1. The van der Waals surface area contributed by atoms with Gasteiger partial charge in [-0.1, -0.05) is 35.9 Å². The summed E-state index contributed by atoms with van der Waals surface area (Å²) in [6.45, 7) is 2.63. The Morgan fingerprint density at radius 1 is 1.16 bits per heavy atom. The molecular formula is C15H14FN3. The van der Waals surface area contributed by atoms with Gasteiger partial charge in [-0.3, -0.25) is 0 Å². The number of aromatic nitrogens is 2. The monoisotopic (exact) mass is 255 g/mol. The number of nitrogens with zero attached hydrogens (tertiary/aromatic N) is 2. The van der Waals surface area contributed by atoms with Gasteiger partial charge in [0, 0.05) is 0 Å². The van der Waals surface area contributed by atoms with E-state index in [1.807, 2.05) is 41.8 Å². The standard InChI is InChI=1S/C15H14FN3/c1-10-5-7-11(8-6-10)9-19-13-4-2-3-12(16)14(13)18-15(19)17/h2-8H,9H2,1H3,(H2,17,18). The first-order valence-electron chi connectivity index (χ1n) is 6.11. The van der Waals surface area contributed by atoms with Gasteiger partial charge in [-0.15, -0.1) is 0 Å². The topological polar surface area (TPSA) is 43.8 Å². The van der Waals surface area contributed by atoms with Gasteiger partial charge in [0.05, 0.1) is 12.1 Å². The maximum absolute atomic E-state index is 13.6. The smallest absolute Gasteiger partial charge is 0.201 e. The number of rotatable bonds is 2. The predicted octanol–water partition coefficient (Wildman–Crippen LogP) is 3.11. The van der Waals surface area contributed by atoms with E-state index in [0.29, 0.717) is 18.0 Å². The van der Waals surface area contributed by atoms with Crippen LogP contribution in [0.1, 0.15) is 11.1 Å². The zero-order valence-corrected chi connectivity index (χ0v) is 10.6. The van der Waals surface area contributed by atoms with Crippen molar-refractivity contribution in [3.8, 4) is 0 Å². The zero-order valence-electron chi connectivity index (χ0n) is 10.6. The third-order valence-electron chi connectivity index (χ3n) is 3.22. The van der Waals surface area contributed by atoms with E-state index in [4.69, 9.17) is 5.73 Å². The number of hydrogen-bond acceptors (Lipinski definition) is 2. The summed E-state index contributed by atoms with van der Waals surface area (Å²) in [6.07, 6.45) is 0. The van der Waals surface area contributed by atoms with Gasteiger partial charge in [-0.25, -0.2) is 9.37 Å². The van der Waals surface area contributed by atoms with E-state index in [1.54, 1.807) is 6.07 Å². The van der Waals surface area contributed by atoms with Gasteiger partial charge < -0.3 is 10.3 Å². The van der Waals surface area contributed by atoms with Gasteiger partial charge in [0.2, 0.25) is 5.95 Å². The van der Waals surface area contributed by atoms with Crippen LogP contribution >= 0.6 is 0 Å². The van der Waals surface area contributed by atoms with Crippen molar-refractivity contribution < 1.29 is 4.39 Å². The lowest BCUT2D eigenvalue weighted by Gasteiger charge is -2.07. The minimum absolute atomic E-state index is 0.326. The van der Waals surface area contributed by atoms with Crippen LogP contribution in [0.2, 0.25) is 0 Å². The van der Waals surface area contributed by atoms with Crippen molar-refractivity contribution in [2.24, 2.45) is 0 Å². The Morgan fingerprint density at radius 3 is 2.63 bits per heavy atom. The molecule has 0 aliphatic rings. The van der Waals surface area contributed by atoms with E-state index in [0.717, 1.165) is 11.1 Å². The van der Waals surface area contributed by atoms with Gasteiger partial charge in [-0.05, 0) is 24.6 Å². The van der Waals surface area contributed by atoms with Crippen molar-refractivity contribution in [2.75, 3.05) is 5.73 Å². The molecule has 3 aromatic rings. The van der Waals surface area contributed by atoms with Gasteiger partial charge in [0.1, 0.15) is 5.52 Å². The molecule has 3 rings (SSSR count). The quantitative estimate of drug-likeness (QED) is 0.764. The summed E-state index contributed by atoms with van der Waals surface area (Å²) in [7, 11) is 0. The molecule has 3 nitrogen and oxygen atoms in total. The highest BCUT2D eigenvalue weighted by atomic mass is 19.1. The van der Waals surface area contributed by atoms with Gasteiger partial charge in [-0.2, -0.15) is 0 Å². The van der Waals surface area contributed by atoms with E-state index in [-0.39, 0.29) is 5.82 Å². The minimum atomic E-state index is -0.341. The molecule has 2 aromatic carbocycles. The predicted molar refractivity (Wildman–Crippen MR) is 74.4 cm³/mol. The number of nitrogens with two attached hydrogens (primary N) is 1. The summed E-state index contributed by atoms with van der Waals surface area (Å²) in [4.78, 5) is 4.09. The number of hydrogen-bond donors (Lipinski definition) is 1. The SMILES string of the molecule is Cc1ccc(Cn2c(N)nc3c(F)cccc32)cc1. The van der Waals surface area contributed by atoms with E-state index in [2.05, 4.69) is 4.98 Å². The van der Waals surface area contributed by atoms with Crippen LogP contribution in [0.5, 0.6) is 0 Å². The molecule has 4 heteroatoms. The summed E-state index contributed by atoms with van der Waals surface area (Å²) in [5.74, 6) is -0.00692. The molecule has 96 valence electrons. The van der Waals surface area contributed by atoms with Crippen LogP contribution < -0.4 is 5.73 Å². The number of imidazole rings is 1. The van der Waals surface area contributed by atoms with Crippen LogP contribution in [-0.2, 0) is 6.54 Å². The summed E-state index contributed by atoms with van der Waals surface area (Å²) < 4.78 is 15.5. The molecule has 0 unspecified atom stereocenters. The largest absolute Gasteiger partial charge is 0.369 e. The Morgan fingerprint density at radius 2 is 1.89 bits per heavy atom. The number of benzene rings is 2. The molecular weight excluding hydrogens is 241 g/mol. The van der Waals surface area contributed by atoms with E-state index in [1.165, 1.54) is 11.6 Å². The van der Waals surface area contributed by atoms with Crippen molar-refractivity contribution in [3.05, 3.63) is 59.4 Å². The molecule has 0 amide bonds. The molecule has 0 saturated heterocycles. The molecule has 1 aromatic heterocycles. The fourth-order valence-corrected chi connectivity index (χ4v) is 2.17. The van der Waals surface area contributed by atoms with Gasteiger partial charge in [0.15, 0.2) is 5.82 Å². The lowest BCUT2D eigenvalue weighted by Crippen LogP contribution is -2.04. The van der Waals surface area contributed by atoms with Crippen LogP contribution in [0, 0.1) is 12.7 Å². The Kier molecular flexibility index (Phi) is 2.71. The van der Waals surface area contributed by atoms with E-state index in [9.17, 15) is 4.39 Å². The van der Waals surface area contributed by atoms with E-state index < -0.39 is 0 Å². The second-order valence-corrected chi connectivity index (χ2v) is 4.65. The summed E-state index contributed by atoms with van der Waals surface area (Å²) in [5.41, 5.74) is 9.25. The molecule has 0 radical (unpaired) electrons. The first-order valence-corrected chi connectivity index (χ1v) is 6.11.